The number of benzene rings is 4. The van der Waals surface area contributed by atoms with Crippen LogP contribution in [-0.4, -0.2) is 9.52 Å². The van der Waals surface area contributed by atoms with Crippen molar-refractivity contribution in [3.05, 3.63) is 130 Å². The van der Waals surface area contributed by atoms with Crippen LogP contribution in [0.4, 0.5) is 0 Å². The molecule has 2 radical (unpaired) electrons. The van der Waals surface area contributed by atoms with Crippen molar-refractivity contribution < 1.29 is 20.8 Å². The van der Waals surface area contributed by atoms with Crippen LogP contribution in [0.3, 0.4) is 0 Å². The van der Waals surface area contributed by atoms with E-state index in [1.54, 1.807) is 0 Å². The zero-order valence-electron chi connectivity index (χ0n) is 26.7. The predicted octanol–water partition coefficient (Wildman–Crippen LogP) is 12.7. The SMILES string of the molecule is CCc1cc2c(-c3ccc(C)cc3)cc(C)cc2[cH-]1.C[Si]C.Cc1ccc(-c2cc(C)cc3[cH-]c(C)cc23)cc1.[Cl][Zr+2][Cl]. The van der Waals surface area contributed by atoms with Crippen LogP contribution >= 0.6 is 17.0 Å². The molecule has 0 fully saturated rings. The molecule has 0 aromatic heterocycles. The van der Waals surface area contributed by atoms with Gasteiger partial charge in [0.1, 0.15) is 0 Å². The Bertz CT molecular complexity index is 1720. The minimum atomic E-state index is -0.826. The third-order valence-electron chi connectivity index (χ3n) is 7.27. The van der Waals surface area contributed by atoms with Crippen LogP contribution in [0.2, 0.25) is 13.1 Å². The zero-order valence-corrected chi connectivity index (χ0v) is 31.7. The van der Waals surface area contributed by atoms with Crippen LogP contribution in [-0.2, 0) is 27.3 Å². The van der Waals surface area contributed by atoms with E-state index < -0.39 is 20.8 Å². The number of hydrogen-bond donors (Lipinski definition) is 0. The minimum absolute atomic E-state index is 0.826. The molecular weight excluding hydrogens is 659 g/mol. The summed E-state index contributed by atoms with van der Waals surface area (Å²) in [5.74, 6) is 0. The Hall–Kier alpha value is -2.22. The van der Waals surface area contributed by atoms with Gasteiger partial charge >= 0.3 is 37.9 Å². The molecule has 6 aromatic rings. The van der Waals surface area contributed by atoms with Crippen LogP contribution in [0.25, 0.3) is 43.8 Å². The number of fused-ring (bicyclic) bond motifs is 2. The summed E-state index contributed by atoms with van der Waals surface area (Å²) in [6.07, 6.45) is 1.10. The van der Waals surface area contributed by atoms with Crippen LogP contribution < -0.4 is 0 Å². The molecule has 0 saturated carbocycles. The van der Waals surface area contributed by atoms with E-state index in [-0.39, 0.29) is 0 Å². The van der Waals surface area contributed by atoms with Gasteiger partial charge in [0, 0.05) is 9.52 Å². The molecule has 0 saturated heterocycles. The average Bonchev–Trinajstić information content (AvgIpc) is 3.56. The maximum atomic E-state index is 4.93. The van der Waals surface area contributed by atoms with E-state index in [9.17, 15) is 0 Å². The molecule has 0 atom stereocenters. The molecule has 0 aliphatic heterocycles. The van der Waals surface area contributed by atoms with Gasteiger partial charge in [-0.1, -0.05) is 121 Å². The second-order valence-electron chi connectivity index (χ2n) is 11.2. The number of rotatable bonds is 3. The summed E-state index contributed by atoms with van der Waals surface area (Å²) in [6.45, 7) is 17.3. The molecule has 0 aliphatic carbocycles. The first kappa shape index (κ1) is 35.3. The summed E-state index contributed by atoms with van der Waals surface area (Å²) in [6, 6.07) is 35.9. The second-order valence-corrected chi connectivity index (χ2v) is 15.9. The fourth-order valence-corrected chi connectivity index (χ4v) is 5.30. The van der Waals surface area contributed by atoms with Crippen LogP contribution in [0.1, 0.15) is 40.3 Å². The van der Waals surface area contributed by atoms with Crippen molar-refractivity contribution in [2.75, 3.05) is 0 Å². The van der Waals surface area contributed by atoms with Gasteiger partial charge in [-0.3, -0.25) is 0 Å². The molecule has 0 unspecified atom stereocenters. The molecule has 0 N–H and O–H groups in total. The summed E-state index contributed by atoms with van der Waals surface area (Å²) in [4.78, 5) is 0. The standard InChI is InChI=1S/C19H19.C18H17.C2H6Si.2ClH.Zr/c1-4-15-11-17-9-14(3)10-18(19(17)12-15)16-7-5-13(2)6-8-16;1-12-4-6-15(7-5-12)17-10-13(2)8-16-9-14(3)11-18(16)17;1-3-2;;;/h5-12H,4H2,1-3H3;4-11H,1-3H3;1-2H3;2*1H;/q2*-1;;;;+4/p-2. The molecule has 0 bridgehead atoms. The van der Waals surface area contributed by atoms with Gasteiger partial charge in [-0.15, -0.1) is 56.9 Å². The second kappa shape index (κ2) is 17.3. The molecule has 0 aliphatic rings. The quantitative estimate of drug-likeness (QED) is 0.127. The summed E-state index contributed by atoms with van der Waals surface area (Å²) in [7, 11) is 11.0. The van der Waals surface area contributed by atoms with E-state index in [1.807, 2.05) is 0 Å². The first-order valence-corrected chi connectivity index (χ1v) is 23.0. The van der Waals surface area contributed by atoms with Gasteiger partial charge in [0.05, 0.1) is 0 Å². The molecule has 0 amide bonds. The fraction of sp³-hybridized carbons (Fsp3) is 0.231. The Labute approximate surface area is 280 Å². The van der Waals surface area contributed by atoms with Gasteiger partial charge < -0.3 is 0 Å². The van der Waals surface area contributed by atoms with E-state index >= 15 is 0 Å². The summed E-state index contributed by atoms with van der Waals surface area (Å²) >= 11 is -0.826. The van der Waals surface area contributed by atoms with Crippen molar-refractivity contribution in [1.29, 1.82) is 0 Å². The van der Waals surface area contributed by atoms with Gasteiger partial charge in [0.2, 0.25) is 0 Å². The van der Waals surface area contributed by atoms with Crippen molar-refractivity contribution >= 4 is 48.1 Å². The molecule has 0 heterocycles. The Balaban J connectivity index is 0.000000200. The zero-order chi connectivity index (χ0) is 31.5. The van der Waals surface area contributed by atoms with E-state index in [0.29, 0.717) is 0 Å². The molecule has 0 spiro atoms. The topological polar surface area (TPSA) is 0 Å². The van der Waals surface area contributed by atoms with Crippen molar-refractivity contribution in [3.8, 4) is 22.3 Å². The predicted molar refractivity (Wildman–Crippen MR) is 192 cm³/mol. The normalized spacial score (nSPS) is 10.2. The van der Waals surface area contributed by atoms with Crippen LogP contribution in [0, 0.1) is 34.6 Å². The molecule has 4 heteroatoms. The Morgan fingerprint density at radius 2 is 0.977 bits per heavy atom. The van der Waals surface area contributed by atoms with Crippen LogP contribution in [0.15, 0.2) is 97.1 Å². The van der Waals surface area contributed by atoms with E-state index in [1.165, 1.54) is 77.2 Å². The summed E-state index contributed by atoms with van der Waals surface area (Å²) < 4.78 is 0. The van der Waals surface area contributed by atoms with Crippen molar-refractivity contribution in [2.24, 2.45) is 0 Å². The van der Waals surface area contributed by atoms with E-state index in [0.717, 1.165) is 15.9 Å². The van der Waals surface area contributed by atoms with Crippen molar-refractivity contribution in [2.45, 2.75) is 61.1 Å². The molecule has 0 nitrogen and oxygen atoms in total. The molecule has 6 aromatic carbocycles. The van der Waals surface area contributed by atoms with Crippen molar-refractivity contribution in [1.82, 2.24) is 0 Å². The molecule has 6 rings (SSSR count). The summed E-state index contributed by atoms with van der Waals surface area (Å²) in [5.41, 5.74) is 13.4. The Morgan fingerprint density at radius 1 is 0.581 bits per heavy atom. The number of aryl methyl sites for hydroxylation is 6. The van der Waals surface area contributed by atoms with E-state index in [4.69, 9.17) is 17.0 Å². The maximum absolute atomic E-state index is 4.93. The Kier molecular flexibility index (Phi) is 14.2. The molecular formula is C39H42Cl2SiZr. The van der Waals surface area contributed by atoms with Crippen LogP contribution in [0.5, 0.6) is 0 Å². The van der Waals surface area contributed by atoms with E-state index in [2.05, 4.69) is 152 Å². The fourth-order valence-electron chi connectivity index (χ4n) is 5.30. The first-order valence-electron chi connectivity index (χ1n) is 14.7. The van der Waals surface area contributed by atoms with Gasteiger partial charge in [-0.2, -0.15) is 12.1 Å². The van der Waals surface area contributed by atoms with Gasteiger partial charge in [0.15, 0.2) is 0 Å². The third kappa shape index (κ3) is 9.89. The van der Waals surface area contributed by atoms with Gasteiger partial charge in [0.25, 0.3) is 0 Å². The Morgan fingerprint density at radius 3 is 1.40 bits per heavy atom. The summed E-state index contributed by atoms with van der Waals surface area (Å²) in [5, 5.41) is 5.46. The molecule has 220 valence electrons. The molecule has 43 heavy (non-hydrogen) atoms. The van der Waals surface area contributed by atoms with Crippen molar-refractivity contribution in [3.63, 3.8) is 0 Å². The average molecular weight is 701 g/mol. The number of halogens is 2. The number of hydrogen-bond acceptors (Lipinski definition) is 0. The first-order chi connectivity index (χ1) is 20.6. The third-order valence-corrected chi connectivity index (χ3v) is 7.27. The van der Waals surface area contributed by atoms with Gasteiger partial charge in [-0.25, -0.2) is 0 Å². The monoisotopic (exact) mass is 698 g/mol. The van der Waals surface area contributed by atoms with Gasteiger partial charge in [-0.05, 0) is 45.2 Å².